The second-order valence-electron chi connectivity index (χ2n) is 4.52. The SMILES string of the molecule is CC(Cc1ccsc1)NS(=O)(=O)c1cnn(CCO)c1. The number of aromatic nitrogens is 2. The molecular formula is C12H17N3O3S2. The Hall–Kier alpha value is -1.22. The molecule has 0 amide bonds. The van der Waals surface area contributed by atoms with E-state index in [-0.39, 0.29) is 24.1 Å². The molecule has 2 aromatic rings. The fourth-order valence-electron chi connectivity index (χ4n) is 1.85. The highest BCUT2D eigenvalue weighted by Crippen LogP contribution is 2.12. The number of nitrogens with one attached hydrogen (secondary N) is 1. The van der Waals surface area contributed by atoms with Crippen molar-refractivity contribution in [1.29, 1.82) is 0 Å². The molecule has 2 rings (SSSR count). The van der Waals surface area contributed by atoms with Gasteiger partial charge in [-0.2, -0.15) is 16.4 Å². The van der Waals surface area contributed by atoms with Crippen molar-refractivity contribution < 1.29 is 13.5 Å². The summed E-state index contributed by atoms with van der Waals surface area (Å²) < 4.78 is 28.4. The first kappa shape index (κ1) is 15.2. The summed E-state index contributed by atoms with van der Waals surface area (Å²) in [4.78, 5) is 0.114. The molecule has 20 heavy (non-hydrogen) atoms. The third kappa shape index (κ3) is 3.89. The maximum atomic E-state index is 12.2. The molecule has 0 aliphatic rings. The van der Waals surface area contributed by atoms with Gasteiger partial charge in [-0.15, -0.1) is 0 Å². The molecule has 110 valence electrons. The third-order valence-corrected chi connectivity index (χ3v) is 5.00. The number of rotatable bonds is 7. The van der Waals surface area contributed by atoms with E-state index < -0.39 is 10.0 Å². The van der Waals surface area contributed by atoms with E-state index in [1.807, 2.05) is 23.8 Å². The summed E-state index contributed by atoms with van der Waals surface area (Å²) >= 11 is 1.59. The summed E-state index contributed by atoms with van der Waals surface area (Å²) in [5.41, 5.74) is 1.11. The van der Waals surface area contributed by atoms with Gasteiger partial charge >= 0.3 is 0 Å². The Kier molecular flexibility index (Phi) is 4.92. The molecule has 0 fully saturated rings. The number of aliphatic hydroxyl groups is 1. The van der Waals surface area contributed by atoms with E-state index in [2.05, 4.69) is 9.82 Å². The monoisotopic (exact) mass is 315 g/mol. The van der Waals surface area contributed by atoms with E-state index in [1.165, 1.54) is 17.1 Å². The Morgan fingerprint density at radius 2 is 2.35 bits per heavy atom. The van der Waals surface area contributed by atoms with E-state index in [4.69, 9.17) is 5.11 Å². The lowest BCUT2D eigenvalue weighted by Crippen LogP contribution is -2.33. The van der Waals surface area contributed by atoms with Gasteiger partial charge in [-0.25, -0.2) is 13.1 Å². The highest BCUT2D eigenvalue weighted by Gasteiger charge is 2.19. The molecule has 0 saturated carbocycles. The average molecular weight is 315 g/mol. The van der Waals surface area contributed by atoms with Crippen LogP contribution < -0.4 is 4.72 Å². The predicted octanol–water partition coefficient (Wildman–Crippen LogP) is 0.846. The molecule has 2 N–H and O–H groups in total. The molecule has 0 saturated heterocycles. The van der Waals surface area contributed by atoms with Gasteiger partial charge in [0.05, 0.1) is 19.3 Å². The smallest absolute Gasteiger partial charge is 0.243 e. The van der Waals surface area contributed by atoms with Crippen LogP contribution in [0.25, 0.3) is 0 Å². The minimum absolute atomic E-state index is 0.0802. The van der Waals surface area contributed by atoms with Crippen LogP contribution in [0.2, 0.25) is 0 Å². The molecule has 0 bridgehead atoms. The van der Waals surface area contributed by atoms with Gasteiger partial charge in [0.1, 0.15) is 4.90 Å². The second kappa shape index (κ2) is 6.49. The van der Waals surface area contributed by atoms with Gasteiger partial charge in [-0.3, -0.25) is 4.68 Å². The molecule has 2 aromatic heterocycles. The summed E-state index contributed by atoms with van der Waals surface area (Å²) in [5.74, 6) is 0. The van der Waals surface area contributed by atoms with E-state index >= 15 is 0 Å². The molecule has 8 heteroatoms. The molecule has 1 unspecified atom stereocenters. The van der Waals surface area contributed by atoms with Gasteiger partial charge in [0.2, 0.25) is 10.0 Å². The van der Waals surface area contributed by atoms with Crippen LogP contribution in [0.4, 0.5) is 0 Å². The summed E-state index contributed by atoms with van der Waals surface area (Å²) in [7, 11) is -3.57. The Balaban J connectivity index is 2.02. The van der Waals surface area contributed by atoms with Gasteiger partial charge in [-0.1, -0.05) is 0 Å². The fourth-order valence-corrected chi connectivity index (χ4v) is 3.72. The maximum Gasteiger partial charge on any atom is 0.243 e. The van der Waals surface area contributed by atoms with Crippen molar-refractivity contribution in [2.45, 2.75) is 30.8 Å². The first-order valence-corrected chi connectivity index (χ1v) is 8.60. The second-order valence-corrected chi connectivity index (χ2v) is 7.01. The molecule has 0 aromatic carbocycles. The van der Waals surface area contributed by atoms with Crippen LogP contribution in [0, 0.1) is 0 Å². The molecule has 0 aliphatic heterocycles. The lowest BCUT2D eigenvalue weighted by atomic mass is 10.1. The number of aliphatic hydroxyl groups excluding tert-OH is 1. The van der Waals surface area contributed by atoms with Gasteiger partial charge < -0.3 is 5.11 Å². The molecule has 1 atom stereocenters. The molecule has 0 radical (unpaired) electrons. The van der Waals surface area contributed by atoms with Gasteiger partial charge in [0.25, 0.3) is 0 Å². The Morgan fingerprint density at radius 1 is 1.55 bits per heavy atom. The Bertz CT molecular complexity index is 635. The van der Waals surface area contributed by atoms with Gasteiger partial charge in [0.15, 0.2) is 0 Å². The lowest BCUT2D eigenvalue weighted by Gasteiger charge is -2.12. The zero-order chi connectivity index (χ0) is 14.6. The number of sulfonamides is 1. The summed E-state index contributed by atoms with van der Waals surface area (Å²) in [6.45, 7) is 2.02. The zero-order valence-corrected chi connectivity index (χ0v) is 12.7. The fraction of sp³-hybridized carbons (Fsp3) is 0.417. The van der Waals surface area contributed by atoms with E-state index in [9.17, 15) is 8.42 Å². The normalized spacial score (nSPS) is 13.5. The number of hydrogen-bond donors (Lipinski definition) is 2. The quantitative estimate of drug-likeness (QED) is 0.793. The lowest BCUT2D eigenvalue weighted by molar-refractivity contribution is 0.269. The maximum absolute atomic E-state index is 12.2. The van der Waals surface area contributed by atoms with Crippen LogP contribution in [0.1, 0.15) is 12.5 Å². The van der Waals surface area contributed by atoms with Crippen LogP contribution in [0.5, 0.6) is 0 Å². The average Bonchev–Trinajstić information content (AvgIpc) is 3.00. The van der Waals surface area contributed by atoms with Crippen LogP contribution in [0.15, 0.2) is 34.1 Å². The zero-order valence-electron chi connectivity index (χ0n) is 11.1. The van der Waals surface area contributed by atoms with Crippen LogP contribution in [0.3, 0.4) is 0 Å². The van der Waals surface area contributed by atoms with Gasteiger partial charge in [0, 0.05) is 12.2 Å². The van der Waals surface area contributed by atoms with Crippen molar-refractivity contribution in [2.24, 2.45) is 0 Å². The summed E-state index contributed by atoms with van der Waals surface area (Å²) in [6.07, 6.45) is 3.35. The van der Waals surface area contributed by atoms with E-state index in [0.29, 0.717) is 6.42 Å². The van der Waals surface area contributed by atoms with Crippen molar-refractivity contribution >= 4 is 21.4 Å². The van der Waals surface area contributed by atoms with Gasteiger partial charge in [-0.05, 0) is 35.7 Å². The number of hydrogen-bond acceptors (Lipinski definition) is 5. The molecule has 0 aliphatic carbocycles. The first-order chi connectivity index (χ1) is 9.51. The molecule has 2 heterocycles. The highest BCUT2D eigenvalue weighted by molar-refractivity contribution is 7.89. The van der Waals surface area contributed by atoms with Crippen LogP contribution in [-0.2, 0) is 23.0 Å². The molecule has 6 nitrogen and oxygen atoms in total. The number of thiophene rings is 1. The van der Waals surface area contributed by atoms with E-state index in [0.717, 1.165) is 5.56 Å². The first-order valence-electron chi connectivity index (χ1n) is 6.18. The minimum Gasteiger partial charge on any atom is -0.394 e. The summed E-state index contributed by atoms with van der Waals surface area (Å²) in [5, 5.41) is 16.7. The predicted molar refractivity (Wildman–Crippen MR) is 77.1 cm³/mol. The van der Waals surface area contributed by atoms with Crippen molar-refractivity contribution in [3.63, 3.8) is 0 Å². The highest BCUT2D eigenvalue weighted by atomic mass is 32.2. The topological polar surface area (TPSA) is 84.2 Å². The number of nitrogens with zero attached hydrogens (tertiary/aromatic N) is 2. The molecule has 0 spiro atoms. The third-order valence-electron chi connectivity index (χ3n) is 2.73. The largest absolute Gasteiger partial charge is 0.394 e. The summed E-state index contributed by atoms with van der Waals surface area (Å²) in [6, 6.07) is 1.78. The van der Waals surface area contributed by atoms with Crippen molar-refractivity contribution in [1.82, 2.24) is 14.5 Å². The Labute approximate surface area is 122 Å². The van der Waals surface area contributed by atoms with Crippen molar-refractivity contribution in [3.8, 4) is 0 Å². The van der Waals surface area contributed by atoms with Crippen molar-refractivity contribution in [2.75, 3.05) is 6.61 Å². The molecular weight excluding hydrogens is 298 g/mol. The Morgan fingerprint density at radius 3 is 3.00 bits per heavy atom. The van der Waals surface area contributed by atoms with Crippen LogP contribution in [-0.4, -0.2) is 36.0 Å². The van der Waals surface area contributed by atoms with Crippen LogP contribution >= 0.6 is 11.3 Å². The standard InChI is InChI=1S/C12H17N3O3S2/c1-10(6-11-2-5-19-9-11)14-20(17,18)12-7-13-15(8-12)3-4-16/h2,5,7-10,14,16H,3-4,6H2,1H3. The van der Waals surface area contributed by atoms with Crippen molar-refractivity contribution in [3.05, 3.63) is 34.8 Å². The van der Waals surface area contributed by atoms with E-state index in [1.54, 1.807) is 11.3 Å². The minimum atomic E-state index is -3.57.